The third kappa shape index (κ3) is 1.75. The topological polar surface area (TPSA) is 40.7 Å². The van der Waals surface area contributed by atoms with E-state index >= 15 is 0 Å². The summed E-state index contributed by atoms with van der Waals surface area (Å²) in [6.07, 6.45) is 5.98. The summed E-state index contributed by atoms with van der Waals surface area (Å²) in [6, 6.07) is 1.17. The van der Waals surface area contributed by atoms with E-state index in [9.17, 15) is 0 Å². The Hall–Kier alpha value is -0.830. The van der Waals surface area contributed by atoms with Crippen LogP contribution in [0.5, 0.6) is 0 Å². The minimum Gasteiger partial charge on any atom is -0.307 e. The molecule has 0 aliphatic heterocycles. The van der Waals surface area contributed by atoms with Crippen LogP contribution in [0.4, 0.5) is 0 Å². The number of aromatic amines is 1. The number of nitrogens with zero attached hydrogens (tertiary/aromatic N) is 1. The van der Waals surface area contributed by atoms with Gasteiger partial charge in [0.2, 0.25) is 0 Å². The molecular weight excluding hydrogens is 162 g/mol. The monoisotopic (exact) mass is 179 g/mol. The first kappa shape index (κ1) is 8.75. The number of H-pyrrole nitrogens is 1. The van der Waals surface area contributed by atoms with Crippen LogP contribution in [-0.4, -0.2) is 16.2 Å². The summed E-state index contributed by atoms with van der Waals surface area (Å²) in [6.45, 7) is 4.28. The van der Waals surface area contributed by atoms with Crippen molar-refractivity contribution in [2.45, 2.75) is 45.2 Å². The molecule has 1 atom stereocenters. The van der Waals surface area contributed by atoms with E-state index in [0.717, 1.165) is 6.04 Å². The van der Waals surface area contributed by atoms with Crippen molar-refractivity contribution in [1.29, 1.82) is 0 Å². The summed E-state index contributed by atoms with van der Waals surface area (Å²) in [5.41, 5.74) is 2.48. The fraction of sp³-hybridized carbons (Fsp3) is 0.700. The fourth-order valence-electron chi connectivity index (χ4n) is 1.81. The second-order valence-electron chi connectivity index (χ2n) is 3.97. The molecule has 3 nitrogen and oxygen atoms in total. The van der Waals surface area contributed by atoms with Gasteiger partial charge >= 0.3 is 0 Å². The van der Waals surface area contributed by atoms with Crippen molar-refractivity contribution in [1.82, 2.24) is 15.5 Å². The summed E-state index contributed by atoms with van der Waals surface area (Å²) >= 11 is 0. The van der Waals surface area contributed by atoms with E-state index in [1.807, 2.05) is 6.20 Å². The fourth-order valence-corrected chi connectivity index (χ4v) is 1.81. The van der Waals surface area contributed by atoms with E-state index in [2.05, 4.69) is 29.4 Å². The van der Waals surface area contributed by atoms with Gasteiger partial charge in [0.15, 0.2) is 0 Å². The van der Waals surface area contributed by atoms with Crippen molar-refractivity contribution in [3.05, 3.63) is 17.5 Å². The zero-order chi connectivity index (χ0) is 9.26. The number of hydrogen-bond donors (Lipinski definition) is 2. The SMILES string of the molecule is Cc1[nH]ncc1C(C)NC1CCC1. The first-order valence-electron chi connectivity index (χ1n) is 5.03. The first-order valence-corrected chi connectivity index (χ1v) is 5.03. The van der Waals surface area contributed by atoms with E-state index in [4.69, 9.17) is 0 Å². The molecule has 2 rings (SSSR count). The predicted octanol–water partition coefficient (Wildman–Crippen LogP) is 1.92. The van der Waals surface area contributed by atoms with Gasteiger partial charge in [-0.3, -0.25) is 5.10 Å². The third-order valence-corrected chi connectivity index (χ3v) is 2.93. The maximum absolute atomic E-state index is 4.03. The largest absolute Gasteiger partial charge is 0.307 e. The van der Waals surface area contributed by atoms with Gasteiger partial charge in [-0.25, -0.2) is 0 Å². The van der Waals surface area contributed by atoms with Crippen molar-refractivity contribution < 1.29 is 0 Å². The molecule has 1 aromatic rings. The Morgan fingerprint density at radius 1 is 1.62 bits per heavy atom. The van der Waals surface area contributed by atoms with Gasteiger partial charge in [-0.1, -0.05) is 6.42 Å². The summed E-state index contributed by atoms with van der Waals surface area (Å²) in [5, 5.41) is 10.6. The lowest BCUT2D eigenvalue weighted by Crippen LogP contribution is -2.36. The lowest BCUT2D eigenvalue weighted by atomic mass is 9.92. The number of aromatic nitrogens is 2. The van der Waals surface area contributed by atoms with Crippen LogP contribution in [0.25, 0.3) is 0 Å². The molecule has 72 valence electrons. The lowest BCUT2D eigenvalue weighted by molar-refractivity contribution is 0.313. The van der Waals surface area contributed by atoms with Crippen molar-refractivity contribution in [3.8, 4) is 0 Å². The molecule has 1 aromatic heterocycles. The van der Waals surface area contributed by atoms with E-state index in [1.165, 1.54) is 30.5 Å². The van der Waals surface area contributed by atoms with Gasteiger partial charge in [0.05, 0.1) is 6.20 Å². The molecule has 0 aromatic carbocycles. The lowest BCUT2D eigenvalue weighted by Gasteiger charge is -2.29. The predicted molar refractivity (Wildman–Crippen MR) is 52.5 cm³/mol. The van der Waals surface area contributed by atoms with Crippen LogP contribution in [0.2, 0.25) is 0 Å². The summed E-state index contributed by atoms with van der Waals surface area (Å²) in [4.78, 5) is 0. The maximum Gasteiger partial charge on any atom is 0.0537 e. The van der Waals surface area contributed by atoms with Crippen LogP contribution in [0, 0.1) is 6.92 Å². The van der Waals surface area contributed by atoms with E-state index in [1.54, 1.807) is 0 Å². The molecule has 0 amide bonds. The summed E-state index contributed by atoms with van der Waals surface area (Å²) in [7, 11) is 0. The molecular formula is C10H17N3. The van der Waals surface area contributed by atoms with Crippen molar-refractivity contribution in [3.63, 3.8) is 0 Å². The van der Waals surface area contributed by atoms with Crippen LogP contribution in [0.1, 0.15) is 43.5 Å². The molecule has 0 spiro atoms. The van der Waals surface area contributed by atoms with Gasteiger partial charge in [-0.05, 0) is 26.7 Å². The molecule has 13 heavy (non-hydrogen) atoms. The minimum absolute atomic E-state index is 0.434. The van der Waals surface area contributed by atoms with Gasteiger partial charge < -0.3 is 5.32 Å². The molecule has 0 radical (unpaired) electrons. The second kappa shape index (κ2) is 3.50. The quantitative estimate of drug-likeness (QED) is 0.744. The molecule has 1 heterocycles. The van der Waals surface area contributed by atoms with Gasteiger partial charge in [-0.2, -0.15) is 5.10 Å². The third-order valence-electron chi connectivity index (χ3n) is 2.93. The summed E-state index contributed by atoms with van der Waals surface area (Å²) in [5.74, 6) is 0. The highest BCUT2D eigenvalue weighted by Gasteiger charge is 2.20. The Balaban J connectivity index is 1.96. The molecule has 1 aliphatic rings. The van der Waals surface area contributed by atoms with Gasteiger partial charge in [0.25, 0.3) is 0 Å². The Bertz CT molecular complexity index is 275. The van der Waals surface area contributed by atoms with Crippen LogP contribution < -0.4 is 5.32 Å². The Labute approximate surface area is 78.9 Å². The van der Waals surface area contributed by atoms with Gasteiger partial charge in [0.1, 0.15) is 0 Å². The minimum atomic E-state index is 0.434. The van der Waals surface area contributed by atoms with Crippen LogP contribution in [-0.2, 0) is 0 Å². The number of rotatable bonds is 3. The zero-order valence-corrected chi connectivity index (χ0v) is 8.30. The molecule has 1 unspecified atom stereocenters. The number of nitrogens with one attached hydrogen (secondary N) is 2. The molecule has 1 saturated carbocycles. The Morgan fingerprint density at radius 2 is 2.38 bits per heavy atom. The average molecular weight is 179 g/mol. The summed E-state index contributed by atoms with van der Waals surface area (Å²) < 4.78 is 0. The average Bonchev–Trinajstić information content (AvgIpc) is 2.43. The second-order valence-corrected chi connectivity index (χ2v) is 3.97. The van der Waals surface area contributed by atoms with Crippen molar-refractivity contribution in [2.75, 3.05) is 0 Å². The molecule has 1 aliphatic carbocycles. The molecule has 0 bridgehead atoms. The normalized spacial score (nSPS) is 19.8. The maximum atomic E-state index is 4.03. The van der Waals surface area contributed by atoms with Gasteiger partial charge in [0, 0.05) is 23.3 Å². The van der Waals surface area contributed by atoms with E-state index in [-0.39, 0.29) is 0 Å². The first-order chi connectivity index (χ1) is 6.27. The van der Waals surface area contributed by atoms with Crippen LogP contribution >= 0.6 is 0 Å². The molecule has 3 heteroatoms. The number of aryl methyl sites for hydroxylation is 1. The van der Waals surface area contributed by atoms with E-state index < -0.39 is 0 Å². The standard InChI is InChI=1S/C10H17N3/c1-7(12-9-4-3-5-9)10-6-11-13-8(10)2/h6-7,9,12H,3-5H2,1-2H3,(H,11,13). The highest BCUT2D eigenvalue weighted by atomic mass is 15.1. The van der Waals surface area contributed by atoms with Crippen LogP contribution in [0.3, 0.4) is 0 Å². The molecule has 0 saturated heterocycles. The van der Waals surface area contributed by atoms with Crippen molar-refractivity contribution in [2.24, 2.45) is 0 Å². The van der Waals surface area contributed by atoms with E-state index in [0.29, 0.717) is 6.04 Å². The smallest absolute Gasteiger partial charge is 0.0537 e. The van der Waals surface area contributed by atoms with Crippen LogP contribution in [0.15, 0.2) is 6.20 Å². The van der Waals surface area contributed by atoms with Gasteiger partial charge in [-0.15, -0.1) is 0 Å². The highest BCUT2D eigenvalue weighted by Crippen LogP contribution is 2.23. The molecule has 1 fully saturated rings. The zero-order valence-electron chi connectivity index (χ0n) is 8.30. The highest BCUT2D eigenvalue weighted by molar-refractivity contribution is 5.18. The Morgan fingerprint density at radius 3 is 2.85 bits per heavy atom. The Kier molecular flexibility index (Phi) is 2.36. The molecule has 2 N–H and O–H groups in total. The number of hydrogen-bond acceptors (Lipinski definition) is 2. The van der Waals surface area contributed by atoms with Crippen molar-refractivity contribution >= 4 is 0 Å².